The maximum absolute atomic E-state index is 11.9. The third kappa shape index (κ3) is 2.54. The summed E-state index contributed by atoms with van der Waals surface area (Å²) in [5.74, 6) is -1.95. The van der Waals surface area contributed by atoms with Crippen molar-refractivity contribution in [3.05, 3.63) is 45.7 Å². The van der Waals surface area contributed by atoms with Gasteiger partial charge >= 0.3 is 11.9 Å². The van der Waals surface area contributed by atoms with E-state index in [0.717, 1.165) is 0 Å². The quantitative estimate of drug-likeness (QED) is 0.806. The fourth-order valence-corrected chi connectivity index (χ4v) is 2.36. The molecule has 2 rings (SSSR count). The number of anilines is 1. The number of methoxy groups -OCH3 is 1. The minimum atomic E-state index is -1.18. The second kappa shape index (κ2) is 5.91. The van der Waals surface area contributed by atoms with Crippen LogP contribution >= 0.6 is 15.9 Å². The predicted octanol–water partition coefficient (Wildman–Crippen LogP) is 2.18. The number of hydrogen-bond acceptors (Lipinski definition) is 5. The molecular formula is C14H10BrN3O4. The highest BCUT2D eigenvalue weighted by Gasteiger charge is 2.24. The van der Waals surface area contributed by atoms with E-state index in [-0.39, 0.29) is 28.2 Å². The molecule has 0 saturated heterocycles. The van der Waals surface area contributed by atoms with Gasteiger partial charge in [0.05, 0.1) is 29.6 Å². The molecule has 1 heterocycles. The van der Waals surface area contributed by atoms with Gasteiger partial charge in [-0.25, -0.2) is 9.59 Å². The molecule has 0 unspecified atom stereocenters. The Bertz CT molecular complexity index is 820. The Hall–Kier alpha value is -2.79. The Morgan fingerprint density at radius 2 is 2.14 bits per heavy atom. The molecule has 1 aromatic heterocycles. The number of carbonyl (C=O) groups is 2. The second-order valence-corrected chi connectivity index (χ2v) is 5.16. The maximum atomic E-state index is 11.9. The second-order valence-electron chi connectivity index (χ2n) is 4.25. The summed E-state index contributed by atoms with van der Waals surface area (Å²) >= 11 is 3.19. The fourth-order valence-electron chi connectivity index (χ4n) is 1.99. The van der Waals surface area contributed by atoms with Crippen LogP contribution in [0, 0.1) is 11.3 Å². The number of aromatic carboxylic acids is 1. The first-order valence-electron chi connectivity index (χ1n) is 5.93. The molecule has 0 aliphatic carbocycles. The van der Waals surface area contributed by atoms with E-state index in [1.54, 1.807) is 6.07 Å². The number of hydrogen-bond donors (Lipinski definition) is 2. The lowest BCUT2D eigenvalue weighted by molar-refractivity contribution is 0.0591. The van der Waals surface area contributed by atoms with Crippen molar-refractivity contribution in [3.63, 3.8) is 0 Å². The van der Waals surface area contributed by atoms with Crippen LogP contribution in [-0.2, 0) is 4.74 Å². The van der Waals surface area contributed by atoms with Crippen LogP contribution in [0.4, 0.5) is 5.69 Å². The van der Waals surface area contributed by atoms with Crippen molar-refractivity contribution >= 4 is 33.6 Å². The highest BCUT2D eigenvalue weighted by molar-refractivity contribution is 9.10. The van der Waals surface area contributed by atoms with E-state index in [0.29, 0.717) is 4.47 Å². The van der Waals surface area contributed by atoms with E-state index >= 15 is 0 Å². The van der Waals surface area contributed by atoms with Crippen molar-refractivity contribution in [3.8, 4) is 11.8 Å². The molecular weight excluding hydrogens is 354 g/mol. The van der Waals surface area contributed by atoms with Crippen molar-refractivity contribution in [1.29, 1.82) is 5.26 Å². The number of aromatic nitrogens is 1. The number of nitriles is 1. The maximum Gasteiger partial charge on any atom is 0.357 e. The normalized spacial score (nSPS) is 10.0. The fraction of sp³-hybridized carbons (Fsp3) is 0.0714. The molecule has 8 heteroatoms. The molecule has 0 spiro atoms. The Morgan fingerprint density at radius 1 is 1.45 bits per heavy atom. The highest BCUT2D eigenvalue weighted by atomic mass is 79.9. The smallest absolute Gasteiger partial charge is 0.357 e. The first-order chi connectivity index (χ1) is 10.4. The minimum Gasteiger partial charge on any atom is -0.478 e. The number of carbonyl (C=O) groups excluding carboxylic acids is 1. The molecule has 2 aromatic rings. The van der Waals surface area contributed by atoms with Crippen molar-refractivity contribution < 1.29 is 19.4 Å². The number of benzene rings is 1. The predicted molar refractivity (Wildman–Crippen MR) is 80.9 cm³/mol. The SMILES string of the molecule is COC(=O)c1c(N)c(C#N)cn1-c1ccc(Br)cc1C(=O)O. The Kier molecular flexibility index (Phi) is 4.19. The van der Waals surface area contributed by atoms with Gasteiger partial charge in [0.1, 0.15) is 6.07 Å². The number of nitrogens with zero attached hydrogens (tertiary/aromatic N) is 2. The number of rotatable bonds is 3. The molecule has 0 radical (unpaired) electrons. The van der Waals surface area contributed by atoms with Gasteiger partial charge in [-0.1, -0.05) is 15.9 Å². The van der Waals surface area contributed by atoms with Crippen molar-refractivity contribution in [1.82, 2.24) is 4.57 Å². The van der Waals surface area contributed by atoms with Gasteiger partial charge in [0.25, 0.3) is 0 Å². The molecule has 0 atom stereocenters. The number of ether oxygens (including phenoxy) is 1. The molecule has 1 aromatic carbocycles. The van der Waals surface area contributed by atoms with Crippen LogP contribution in [0.3, 0.4) is 0 Å². The number of carboxylic acid groups (broad SMARTS) is 1. The van der Waals surface area contributed by atoms with Crippen LogP contribution < -0.4 is 5.73 Å². The average molecular weight is 364 g/mol. The number of halogens is 1. The van der Waals surface area contributed by atoms with Gasteiger partial charge in [-0.2, -0.15) is 5.26 Å². The highest BCUT2D eigenvalue weighted by Crippen LogP contribution is 2.28. The van der Waals surface area contributed by atoms with E-state index in [1.165, 1.54) is 30.0 Å². The molecule has 3 N–H and O–H groups in total. The molecule has 22 heavy (non-hydrogen) atoms. The Labute approximate surface area is 133 Å². The average Bonchev–Trinajstić information content (AvgIpc) is 2.83. The van der Waals surface area contributed by atoms with Crippen molar-refractivity contribution in [2.45, 2.75) is 0 Å². The summed E-state index contributed by atoms with van der Waals surface area (Å²) < 4.78 is 6.46. The monoisotopic (exact) mass is 363 g/mol. The van der Waals surface area contributed by atoms with Gasteiger partial charge in [-0.05, 0) is 18.2 Å². The molecule has 0 fully saturated rings. The zero-order valence-corrected chi connectivity index (χ0v) is 12.9. The third-order valence-corrected chi connectivity index (χ3v) is 3.49. The summed E-state index contributed by atoms with van der Waals surface area (Å²) in [7, 11) is 1.17. The number of carboxylic acids is 1. The number of nitrogens with two attached hydrogens (primary N) is 1. The Morgan fingerprint density at radius 3 is 2.68 bits per heavy atom. The molecule has 0 aliphatic rings. The van der Waals surface area contributed by atoms with Crippen molar-refractivity contribution in [2.75, 3.05) is 12.8 Å². The van der Waals surface area contributed by atoms with E-state index in [1.807, 2.05) is 6.07 Å². The zero-order chi connectivity index (χ0) is 16.4. The van der Waals surface area contributed by atoms with Gasteiger partial charge in [-0.3, -0.25) is 0 Å². The zero-order valence-electron chi connectivity index (χ0n) is 11.3. The number of esters is 1. The van der Waals surface area contributed by atoms with Crippen LogP contribution in [0.5, 0.6) is 0 Å². The summed E-state index contributed by atoms with van der Waals surface area (Å²) in [5, 5.41) is 18.4. The molecule has 0 aliphatic heterocycles. The van der Waals surface area contributed by atoms with Crippen LogP contribution in [0.15, 0.2) is 28.9 Å². The van der Waals surface area contributed by atoms with E-state index < -0.39 is 11.9 Å². The van der Waals surface area contributed by atoms with Gasteiger partial charge in [-0.15, -0.1) is 0 Å². The third-order valence-electron chi connectivity index (χ3n) is 2.99. The Balaban J connectivity index is 2.81. The summed E-state index contributed by atoms with van der Waals surface area (Å²) in [6, 6.07) is 6.36. The lowest BCUT2D eigenvalue weighted by Crippen LogP contribution is -2.13. The van der Waals surface area contributed by atoms with E-state index in [4.69, 9.17) is 11.0 Å². The molecule has 7 nitrogen and oxygen atoms in total. The van der Waals surface area contributed by atoms with Crippen LogP contribution in [-0.4, -0.2) is 28.7 Å². The molecule has 0 amide bonds. The van der Waals surface area contributed by atoms with Crippen molar-refractivity contribution in [2.24, 2.45) is 0 Å². The molecule has 0 bridgehead atoms. The molecule has 112 valence electrons. The van der Waals surface area contributed by atoms with Gasteiger partial charge in [0, 0.05) is 10.7 Å². The van der Waals surface area contributed by atoms with Crippen LogP contribution in [0.1, 0.15) is 26.4 Å². The first-order valence-corrected chi connectivity index (χ1v) is 6.72. The first kappa shape index (κ1) is 15.6. The topological polar surface area (TPSA) is 118 Å². The molecule has 0 saturated carbocycles. The summed E-state index contributed by atoms with van der Waals surface area (Å²) in [5.41, 5.74) is 5.83. The van der Waals surface area contributed by atoms with Crippen LogP contribution in [0.25, 0.3) is 5.69 Å². The van der Waals surface area contributed by atoms with Crippen LogP contribution in [0.2, 0.25) is 0 Å². The minimum absolute atomic E-state index is 0.0552. The van der Waals surface area contributed by atoms with Gasteiger partial charge < -0.3 is 20.1 Å². The summed E-state index contributed by atoms with van der Waals surface area (Å²) in [6.45, 7) is 0. The van der Waals surface area contributed by atoms with E-state index in [2.05, 4.69) is 20.7 Å². The van der Waals surface area contributed by atoms with E-state index in [9.17, 15) is 14.7 Å². The van der Waals surface area contributed by atoms with Gasteiger partial charge in [0.2, 0.25) is 0 Å². The van der Waals surface area contributed by atoms with Gasteiger partial charge in [0.15, 0.2) is 5.69 Å². The lowest BCUT2D eigenvalue weighted by Gasteiger charge is -2.11. The standard InChI is InChI=1S/C14H10BrN3O4/c1-22-14(21)12-11(17)7(5-16)6-18(12)10-3-2-8(15)4-9(10)13(19)20/h2-4,6H,17H2,1H3,(H,19,20). The number of nitrogen functional groups attached to an aromatic ring is 1. The lowest BCUT2D eigenvalue weighted by atomic mass is 10.1. The largest absolute Gasteiger partial charge is 0.478 e. The summed E-state index contributed by atoms with van der Waals surface area (Å²) in [6.07, 6.45) is 1.30. The summed E-state index contributed by atoms with van der Waals surface area (Å²) in [4.78, 5) is 23.3.